The Balaban J connectivity index is 2.11. The largest absolute Gasteiger partial charge is 0.465 e. The number of esters is 2. The van der Waals surface area contributed by atoms with E-state index >= 15 is 0 Å². The molecule has 0 radical (unpaired) electrons. The van der Waals surface area contributed by atoms with Crippen molar-refractivity contribution in [3.8, 4) is 0 Å². The summed E-state index contributed by atoms with van der Waals surface area (Å²) in [7, 11) is 0. The lowest BCUT2D eigenvalue weighted by Crippen LogP contribution is -2.52. The molecule has 4 bridgehead atoms. The van der Waals surface area contributed by atoms with Crippen molar-refractivity contribution >= 4 is 23.6 Å². The molecule has 0 spiro atoms. The molecule has 0 heterocycles. The van der Waals surface area contributed by atoms with E-state index in [9.17, 15) is 14.4 Å². The van der Waals surface area contributed by atoms with E-state index in [1.54, 1.807) is 0 Å². The fraction of sp³-hybridized carbons (Fsp3) is 0.810. The first-order valence-corrected chi connectivity index (χ1v) is 10.0. The average molecular weight is 393 g/mol. The van der Waals surface area contributed by atoms with Crippen LogP contribution in [0, 0.1) is 28.1 Å². The average Bonchev–Trinajstić information content (AvgIpc) is 2.89. The van der Waals surface area contributed by atoms with Crippen LogP contribution in [0.3, 0.4) is 0 Å². The molecule has 0 saturated heterocycles. The zero-order chi connectivity index (χ0) is 20.9. The summed E-state index contributed by atoms with van der Waals surface area (Å²) < 4.78 is 11.4. The van der Waals surface area contributed by atoms with Crippen molar-refractivity contribution in [2.75, 3.05) is 6.61 Å². The summed E-state index contributed by atoms with van der Waals surface area (Å²) in [5.41, 5.74) is -0.146. The SMILES string of the molecule is CC(=O)OC[C@]1(C)/C(=N/OC(C)=O)CC[C@]2(C)[C@H]3CC[C@]2(C)[C@H](OC(C)=O)[C@H]31. The van der Waals surface area contributed by atoms with Gasteiger partial charge in [-0.25, -0.2) is 4.79 Å². The van der Waals surface area contributed by atoms with Gasteiger partial charge in [0.05, 0.1) is 11.1 Å². The molecule has 6 atom stereocenters. The van der Waals surface area contributed by atoms with Gasteiger partial charge in [-0.05, 0) is 37.0 Å². The zero-order valence-corrected chi connectivity index (χ0v) is 17.7. The topological polar surface area (TPSA) is 91.3 Å². The Labute approximate surface area is 166 Å². The number of nitrogens with zero attached hydrogens (tertiary/aromatic N) is 1. The monoisotopic (exact) mass is 393 g/mol. The highest BCUT2D eigenvalue weighted by molar-refractivity contribution is 5.91. The van der Waals surface area contributed by atoms with Crippen molar-refractivity contribution in [3.05, 3.63) is 0 Å². The van der Waals surface area contributed by atoms with E-state index in [2.05, 4.69) is 19.0 Å². The van der Waals surface area contributed by atoms with Gasteiger partial charge in [0.15, 0.2) is 0 Å². The fourth-order valence-electron chi connectivity index (χ4n) is 6.32. The highest BCUT2D eigenvalue weighted by atomic mass is 16.7. The highest BCUT2D eigenvalue weighted by Crippen LogP contribution is 2.74. The van der Waals surface area contributed by atoms with E-state index in [0.717, 1.165) is 19.3 Å². The number of hydrogen-bond acceptors (Lipinski definition) is 7. The van der Waals surface area contributed by atoms with Gasteiger partial charge in [0.25, 0.3) is 0 Å². The van der Waals surface area contributed by atoms with Crippen molar-refractivity contribution in [3.63, 3.8) is 0 Å². The predicted octanol–water partition coefficient (Wildman–Crippen LogP) is 3.25. The van der Waals surface area contributed by atoms with E-state index in [0.29, 0.717) is 18.1 Å². The lowest BCUT2D eigenvalue weighted by molar-refractivity contribution is -0.164. The van der Waals surface area contributed by atoms with E-state index < -0.39 is 11.4 Å². The third-order valence-electron chi connectivity index (χ3n) is 7.91. The Kier molecular flexibility index (Phi) is 5.09. The number of ether oxygens (including phenoxy) is 2. The summed E-state index contributed by atoms with van der Waals surface area (Å²) in [6, 6.07) is 0. The maximum absolute atomic E-state index is 12.0. The second-order valence-corrected chi connectivity index (χ2v) is 9.35. The number of oxime groups is 1. The highest BCUT2D eigenvalue weighted by Gasteiger charge is 2.74. The van der Waals surface area contributed by atoms with Crippen LogP contribution in [-0.4, -0.2) is 36.3 Å². The Bertz CT molecular complexity index is 732. The smallest absolute Gasteiger partial charge is 0.331 e. The molecule has 3 saturated carbocycles. The van der Waals surface area contributed by atoms with Crippen molar-refractivity contribution in [2.24, 2.45) is 33.2 Å². The van der Waals surface area contributed by atoms with Gasteiger partial charge >= 0.3 is 17.9 Å². The van der Waals surface area contributed by atoms with Gasteiger partial charge in [-0.15, -0.1) is 0 Å². The van der Waals surface area contributed by atoms with Gasteiger partial charge in [0, 0.05) is 32.1 Å². The molecule has 3 rings (SSSR count). The van der Waals surface area contributed by atoms with E-state index in [-0.39, 0.29) is 41.4 Å². The van der Waals surface area contributed by atoms with Crippen LogP contribution >= 0.6 is 0 Å². The van der Waals surface area contributed by atoms with Gasteiger partial charge in [-0.3, -0.25) is 9.59 Å². The van der Waals surface area contributed by atoms with Crippen molar-refractivity contribution in [2.45, 2.75) is 73.3 Å². The van der Waals surface area contributed by atoms with E-state index in [1.807, 2.05) is 6.92 Å². The Morgan fingerprint density at radius 3 is 2.25 bits per heavy atom. The van der Waals surface area contributed by atoms with Gasteiger partial charge in [-0.1, -0.05) is 25.9 Å². The quantitative estimate of drug-likeness (QED) is 0.414. The predicted molar refractivity (Wildman–Crippen MR) is 101 cm³/mol. The third-order valence-corrected chi connectivity index (χ3v) is 7.91. The second-order valence-electron chi connectivity index (χ2n) is 9.35. The maximum atomic E-state index is 12.0. The summed E-state index contributed by atoms with van der Waals surface area (Å²) in [6.07, 6.45) is 3.25. The molecular weight excluding hydrogens is 362 g/mol. The first-order valence-electron chi connectivity index (χ1n) is 10.0. The number of carbonyl (C=O) groups excluding carboxylic acids is 3. The van der Waals surface area contributed by atoms with Crippen LogP contribution in [0.25, 0.3) is 0 Å². The van der Waals surface area contributed by atoms with Crippen LogP contribution in [-0.2, 0) is 28.7 Å². The summed E-state index contributed by atoms with van der Waals surface area (Å²) in [6.45, 7) is 10.7. The van der Waals surface area contributed by atoms with Crippen LogP contribution in [0.15, 0.2) is 5.16 Å². The first kappa shape index (κ1) is 20.8. The molecule has 3 aliphatic rings. The molecule has 0 aromatic rings. The molecule has 0 aromatic carbocycles. The molecule has 0 unspecified atom stereocenters. The number of rotatable bonds is 4. The summed E-state index contributed by atoms with van der Waals surface area (Å²) >= 11 is 0. The van der Waals surface area contributed by atoms with E-state index in [4.69, 9.17) is 14.3 Å². The van der Waals surface area contributed by atoms with Gasteiger partial charge in [0.2, 0.25) is 0 Å². The minimum atomic E-state index is -0.679. The standard InChI is InChI=1S/C21H31NO6/c1-12(23)26-11-19(4)16(22-28-14(3)25)8-10-20(5)15-7-9-21(20,6)18(17(15)19)27-13(2)24/h15,17-18H,7-11H2,1-6H3/b22-16+/t15-,17-,18+,19+,20+,21+/m0/s1. The summed E-state index contributed by atoms with van der Waals surface area (Å²) in [5.74, 6) is -0.921. The lowest BCUT2D eigenvalue weighted by atomic mass is 9.62. The molecule has 0 aromatic heterocycles. The zero-order valence-electron chi connectivity index (χ0n) is 17.7. The lowest BCUT2D eigenvalue weighted by Gasteiger charge is -2.47. The van der Waals surface area contributed by atoms with Crippen LogP contribution in [0.4, 0.5) is 0 Å². The minimum Gasteiger partial charge on any atom is -0.465 e. The molecule has 3 fully saturated rings. The molecule has 0 aliphatic heterocycles. The van der Waals surface area contributed by atoms with Gasteiger partial charge in [0.1, 0.15) is 12.7 Å². The summed E-state index contributed by atoms with van der Waals surface area (Å²) in [4.78, 5) is 39.9. The molecule has 7 heteroatoms. The fourth-order valence-corrected chi connectivity index (χ4v) is 6.32. The second kappa shape index (κ2) is 6.85. The van der Waals surface area contributed by atoms with Crippen molar-refractivity contribution < 1.29 is 28.7 Å². The van der Waals surface area contributed by atoms with Crippen LogP contribution < -0.4 is 0 Å². The molecule has 3 aliphatic carbocycles. The van der Waals surface area contributed by atoms with Crippen molar-refractivity contribution in [1.29, 1.82) is 0 Å². The van der Waals surface area contributed by atoms with Crippen LogP contribution in [0.1, 0.15) is 67.2 Å². The van der Waals surface area contributed by atoms with Gasteiger partial charge < -0.3 is 14.3 Å². The molecule has 0 N–H and O–H groups in total. The van der Waals surface area contributed by atoms with Gasteiger partial charge in [-0.2, -0.15) is 0 Å². The van der Waals surface area contributed by atoms with E-state index in [1.165, 1.54) is 20.8 Å². The minimum absolute atomic E-state index is 0.0250. The normalized spacial score (nSPS) is 42.8. The Morgan fingerprint density at radius 2 is 1.68 bits per heavy atom. The van der Waals surface area contributed by atoms with Crippen molar-refractivity contribution in [1.82, 2.24) is 0 Å². The molecule has 156 valence electrons. The Morgan fingerprint density at radius 1 is 1.00 bits per heavy atom. The molecule has 28 heavy (non-hydrogen) atoms. The molecule has 0 amide bonds. The maximum Gasteiger partial charge on any atom is 0.331 e. The number of hydrogen-bond donors (Lipinski definition) is 0. The molecular formula is C21H31NO6. The Hall–Kier alpha value is -1.92. The summed E-state index contributed by atoms with van der Waals surface area (Å²) in [5, 5.41) is 4.18. The van der Waals surface area contributed by atoms with Crippen LogP contribution in [0.5, 0.6) is 0 Å². The van der Waals surface area contributed by atoms with Crippen LogP contribution in [0.2, 0.25) is 0 Å². The molecule has 7 nitrogen and oxygen atoms in total. The number of carbonyl (C=O) groups is 3. The first-order chi connectivity index (χ1) is 13.0. The third kappa shape index (κ3) is 2.94.